The second-order valence-electron chi connectivity index (χ2n) is 5.51. The van der Waals surface area contributed by atoms with E-state index in [1.54, 1.807) is 0 Å². The summed E-state index contributed by atoms with van der Waals surface area (Å²) in [7, 11) is -3.12. The Morgan fingerprint density at radius 1 is 1.53 bits per heavy atom. The van der Waals surface area contributed by atoms with Gasteiger partial charge in [-0.05, 0) is 11.5 Å². The van der Waals surface area contributed by atoms with Gasteiger partial charge in [0.15, 0.2) is 9.84 Å². The van der Waals surface area contributed by atoms with Crippen LogP contribution in [0.1, 0.15) is 27.2 Å². The van der Waals surface area contributed by atoms with Crippen molar-refractivity contribution in [3.05, 3.63) is 11.5 Å². The van der Waals surface area contributed by atoms with Crippen LogP contribution >= 0.6 is 0 Å². The van der Waals surface area contributed by atoms with Gasteiger partial charge in [-0.3, -0.25) is 4.79 Å². The van der Waals surface area contributed by atoms with Crippen LogP contribution in [-0.4, -0.2) is 32.2 Å². The Kier molecular flexibility index (Phi) is 3.99. The van der Waals surface area contributed by atoms with Gasteiger partial charge in [-0.25, -0.2) is 8.42 Å². The van der Waals surface area contributed by atoms with Crippen molar-refractivity contribution in [2.45, 2.75) is 39.3 Å². The summed E-state index contributed by atoms with van der Waals surface area (Å²) < 4.78 is 22.3. The molecule has 0 aliphatic carbocycles. The predicted octanol–water partition coefficient (Wildman–Crippen LogP) is 0.177. The minimum absolute atomic E-state index is 0.0521. The SMILES string of the molecule is CC(C)(C)C(N)CC(=O)NC1C=CS(=O)(=O)C1. The lowest BCUT2D eigenvalue weighted by Crippen LogP contribution is -2.43. The lowest BCUT2D eigenvalue weighted by Gasteiger charge is -2.26. The van der Waals surface area contributed by atoms with Crippen molar-refractivity contribution < 1.29 is 13.2 Å². The monoisotopic (exact) mass is 260 g/mol. The molecule has 0 aromatic heterocycles. The number of amides is 1. The van der Waals surface area contributed by atoms with Crippen LogP contribution in [0.5, 0.6) is 0 Å². The fraction of sp³-hybridized carbons (Fsp3) is 0.727. The summed E-state index contributed by atoms with van der Waals surface area (Å²) in [5.41, 5.74) is 5.74. The number of carbonyl (C=O) groups excluding carboxylic acids is 1. The number of rotatable bonds is 3. The average molecular weight is 260 g/mol. The van der Waals surface area contributed by atoms with Gasteiger partial charge in [0.1, 0.15) is 0 Å². The molecule has 0 aromatic carbocycles. The third kappa shape index (κ3) is 4.47. The molecule has 0 spiro atoms. The largest absolute Gasteiger partial charge is 0.349 e. The Morgan fingerprint density at radius 2 is 2.12 bits per heavy atom. The van der Waals surface area contributed by atoms with Crippen LogP contribution in [0.25, 0.3) is 0 Å². The highest BCUT2D eigenvalue weighted by Crippen LogP contribution is 2.19. The highest BCUT2D eigenvalue weighted by Gasteiger charge is 2.26. The Hall–Kier alpha value is -0.880. The Labute approximate surface area is 102 Å². The van der Waals surface area contributed by atoms with E-state index in [4.69, 9.17) is 5.73 Å². The molecule has 1 heterocycles. The van der Waals surface area contributed by atoms with E-state index in [0.717, 1.165) is 5.41 Å². The van der Waals surface area contributed by atoms with Gasteiger partial charge in [-0.15, -0.1) is 0 Å². The minimum atomic E-state index is -3.12. The van der Waals surface area contributed by atoms with Crippen LogP contribution in [0.3, 0.4) is 0 Å². The molecule has 1 rings (SSSR count). The Morgan fingerprint density at radius 3 is 2.53 bits per heavy atom. The second kappa shape index (κ2) is 4.78. The topological polar surface area (TPSA) is 89.3 Å². The molecule has 98 valence electrons. The van der Waals surface area contributed by atoms with E-state index in [1.807, 2.05) is 20.8 Å². The van der Waals surface area contributed by atoms with Crippen molar-refractivity contribution in [3.8, 4) is 0 Å². The van der Waals surface area contributed by atoms with E-state index in [-0.39, 0.29) is 29.5 Å². The normalized spacial score (nSPS) is 24.6. The molecule has 1 amide bonds. The van der Waals surface area contributed by atoms with Crippen LogP contribution < -0.4 is 11.1 Å². The van der Waals surface area contributed by atoms with Crippen LogP contribution in [0.4, 0.5) is 0 Å². The van der Waals surface area contributed by atoms with Gasteiger partial charge in [-0.2, -0.15) is 0 Å². The maximum atomic E-state index is 11.6. The summed E-state index contributed by atoms with van der Waals surface area (Å²) in [6.07, 6.45) is 1.70. The maximum Gasteiger partial charge on any atom is 0.222 e. The van der Waals surface area contributed by atoms with E-state index < -0.39 is 15.9 Å². The molecule has 0 fully saturated rings. The fourth-order valence-electron chi connectivity index (χ4n) is 1.44. The lowest BCUT2D eigenvalue weighted by molar-refractivity contribution is -0.122. The number of sulfone groups is 1. The third-order valence-electron chi connectivity index (χ3n) is 2.79. The third-order valence-corrected chi connectivity index (χ3v) is 4.19. The van der Waals surface area contributed by atoms with Crippen molar-refractivity contribution in [2.75, 3.05) is 5.75 Å². The molecule has 2 unspecified atom stereocenters. The van der Waals surface area contributed by atoms with Gasteiger partial charge in [0.05, 0.1) is 11.8 Å². The summed E-state index contributed by atoms with van der Waals surface area (Å²) in [6.45, 7) is 5.89. The summed E-state index contributed by atoms with van der Waals surface area (Å²) in [6, 6.07) is -0.663. The number of hydrogen-bond acceptors (Lipinski definition) is 4. The van der Waals surface area contributed by atoms with Crippen LogP contribution in [0.2, 0.25) is 0 Å². The van der Waals surface area contributed by atoms with E-state index in [2.05, 4.69) is 5.32 Å². The van der Waals surface area contributed by atoms with E-state index in [0.29, 0.717) is 0 Å². The van der Waals surface area contributed by atoms with Gasteiger partial charge < -0.3 is 11.1 Å². The number of carbonyl (C=O) groups is 1. The quantitative estimate of drug-likeness (QED) is 0.757. The van der Waals surface area contributed by atoms with Crippen LogP contribution in [0, 0.1) is 5.41 Å². The molecule has 0 radical (unpaired) electrons. The first-order valence-corrected chi connectivity index (χ1v) is 7.27. The number of nitrogens with two attached hydrogens (primary N) is 1. The summed E-state index contributed by atoms with van der Waals surface area (Å²) in [4.78, 5) is 11.6. The van der Waals surface area contributed by atoms with Crippen molar-refractivity contribution in [3.63, 3.8) is 0 Å². The van der Waals surface area contributed by atoms with Gasteiger partial charge >= 0.3 is 0 Å². The van der Waals surface area contributed by atoms with Crippen molar-refractivity contribution in [1.82, 2.24) is 5.32 Å². The first-order chi connectivity index (χ1) is 7.60. The van der Waals surface area contributed by atoms with E-state index in [1.165, 1.54) is 6.08 Å². The zero-order valence-electron chi connectivity index (χ0n) is 10.4. The maximum absolute atomic E-state index is 11.6. The molecule has 6 heteroatoms. The Bertz CT molecular complexity index is 420. The average Bonchev–Trinajstić information content (AvgIpc) is 2.43. The molecule has 0 bridgehead atoms. The molecule has 1 aliphatic heterocycles. The molecular formula is C11H20N2O3S. The molecule has 1 aliphatic rings. The molecule has 0 aromatic rings. The van der Waals surface area contributed by atoms with Crippen molar-refractivity contribution in [2.24, 2.45) is 11.1 Å². The van der Waals surface area contributed by atoms with Crippen LogP contribution in [0.15, 0.2) is 11.5 Å². The van der Waals surface area contributed by atoms with Gasteiger partial charge in [-0.1, -0.05) is 20.8 Å². The highest BCUT2D eigenvalue weighted by molar-refractivity contribution is 7.94. The molecule has 0 saturated heterocycles. The highest BCUT2D eigenvalue weighted by atomic mass is 32.2. The molecule has 5 nitrogen and oxygen atoms in total. The first kappa shape index (κ1) is 14.2. The fourth-order valence-corrected chi connectivity index (χ4v) is 2.67. The molecular weight excluding hydrogens is 240 g/mol. The smallest absolute Gasteiger partial charge is 0.222 e. The number of hydrogen-bond donors (Lipinski definition) is 2. The second-order valence-corrected chi connectivity index (χ2v) is 7.44. The molecule has 3 N–H and O–H groups in total. The van der Waals surface area contributed by atoms with Gasteiger partial charge in [0, 0.05) is 17.9 Å². The molecule has 2 atom stereocenters. The molecule has 0 saturated carbocycles. The van der Waals surface area contributed by atoms with E-state index >= 15 is 0 Å². The number of nitrogens with one attached hydrogen (secondary N) is 1. The molecule has 17 heavy (non-hydrogen) atoms. The minimum Gasteiger partial charge on any atom is -0.349 e. The van der Waals surface area contributed by atoms with Crippen molar-refractivity contribution >= 4 is 15.7 Å². The van der Waals surface area contributed by atoms with Crippen LogP contribution in [-0.2, 0) is 14.6 Å². The summed E-state index contributed by atoms with van der Waals surface area (Å²) in [5, 5.41) is 3.79. The zero-order valence-corrected chi connectivity index (χ0v) is 11.3. The predicted molar refractivity (Wildman–Crippen MR) is 66.9 cm³/mol. The van der Waals surface area contributed by atoms with Gasteiger partial charge in [0.2, 0.25) is 5.91 Å². The van der Waals surface area contributed by atoms with Crippen molar-refractivity contribution in [1.29, 1.82) is 0 Å². The summed E-state index contributed by atoms with van der Waals surface area (Å²) in [5.74, 6) is -0.261. The standard InChI is InChI=1S/C11H20N2O3S/c1-11(2,3)9(12)6-10(14)13-8-4-5-17(15,16)7-8/h4-5,8-9H,6-7,12H2,1-3H3,(H,13,14). The zero-order chi connectivity index (χ0) is 13.3. The van der Waals surface area contributed by atoms with E-state index in [9.17, 15) is 13.2 Å². The van der Waals surface area contributed by atoms with Gasteiger partial charge in [0.25, 0.3) is 0 Å². The first-order valence-electron chi connectivity index (χ1n) is 5.56. The Balaban J connectivity index is 2.45. The summed E-state index contributed by atoms with van der Waals surface area (Å²) >= 11 is 0. The lowest BCUT2D eigenvalue weighted by atomic mass is 9.85.